The molecule has 29 heavy (non-hydrogen) atoms. The zero-order valence-corrected chi connectivity index (χ0v) is 18.5. The maximum absolute atomic E-state index is 12.9. The molecule has 0 radical (unpaired) electrons. The van der Waals surface area contributed by atoms with Crippen molar-refractivity contribution in [3.63, 3.8) is 0 Å². The quantitative estimate of drug-likeness (QED) is 0.535. The van der Waals surface area contributed by atoms with E-state index in [9.17, 15) is 13.2 Å². The fourth-order valence-corrected chi connectivity index (χ4v) is 6.36. The molecule has 1 aliphatic rings. The summed E-state index contributed by atoms with van der Waals surface area (Å²) in [5.41, 5.74) is 0.574. The van der Waals surface area contributed by atoms with Gasteiger partial charge >= 0.3 is 0 Å². The standard InChI is InChI=1S/C19H22N4O3S3/c1-22(15-5-3-2-4-6-15)29(25,26)16-7-8-17(20-12-16)28-13-14-11-18(24)23-9-10-27-19(23)21-14/h7-12,15H,2-6,13H2,1H3. The monoisotopic (exact) mass is 450 g/mol. The lowest BCUT2D eigenvalue weighted by molar-refractivity contribution is 0.285. The SMILES string of the molecule is CN(C1CCCCC1)S(=O)(=O)c1ccc(SCc2cc(=O)n3ccsc3n2)nc1. The zero-order chi connectivity index (χ0) is 20.4. The number of nitrogens with zero attached hydrogens (tertiary/aromatic N) is 4. The molecule has 3 aromatic rings. The third-order valence-electron chi connectivity index (χ3n) is 5.20. The summed E-state index contributed by atoms with van der Waals surface area (Å²) in [5.74, 6) is 0.491. The van der Waals surface area contributed by atoms with Gasteiger partial charge in [0.25, 0.3) is 5.56 Å². The number of fused-ring (bicyclic) bond motifs is 1. The summed E-state index contributed by atoms with van der Waals surface area (Å²) in [6, 6.07) is 4.91. The molecule has 3 heterocycles. The van der Waals surface area contributed by atoms with Gasteiger partial charge in [0, 0.05) is 42.7 Å². The largest absolute Gasteiger partial charge is 0.269 e. The molecular weight excluding hydrogens is 428 g/mol. The van der Waals surface area contributed by atoms with Gasteiger partial charge in [-0.2, -0.15) is 4.31 Å². The van der Waals surface area contributed by atoms with Gasteiger partial charge in [-0.1, -0.05) is 19.3 Å². The van der Waals surface area contributed by atoms with Crippen molar-refractivity contribution in [3.05, 3.63) is 52.0 Å². The van der Waals surface area contributed by atoms with Gasteiger partial charge in [-0.15, -0.1) is 23.1 Å². The van der Waals surface area contributed by atoms with Gasteiger partial charge in [0.15, 0.2) is 4.96 Å². The van der Waals surface area contributed by atoms with Crippen molar-refractivity contribution in [1.29, 1.82) is 0 Å². The van der Waals surface area contributed by atoms with Gasteiger partial charge in [0.1, 0.15) is 4.90 Å². The number of pyridine rings is 1. The van der Waals surface area contributed by atoms with E-state index in [4.69, 9.17) is 0 Å². The van der Waals surface area contributed by atoms with Crippen molar-refractivity contribution in [2.24, 2.45) is 0 Å². The van der Waals surface area contributed by atoms with Crippen molar-refractivity contribution in [3.8, 4) is 0 Å². The minimum absolute atomic E-state index is 0.0696. The maximum Gasteiger partial charge on any atom is 0.258 e. The van der Waals surface area contributed by atoms with Gasteiger partial charge < -0.3 is 0 Å². The van der Waals surface area contributed by atoms with Crippen LogP contribution in [-0.4, -0.2) is 40.2 Å². The van der Waals surface area contributed by atoms with Crippen LogP contribution in [0.4, 0.5) is 0 Å². The normalized spacial score (nSPS) is 15.9. The first-order chi connectivity index (χ1) is 13.9. The molecule has 1 fully saturated rings. The van der Waals surface area contributed by atoms with E-state index < -0.39 is 10.0 Å². The molecule has 3 aromatic heterocycles. The lowest BCUT2D eigenvalue weighted by atomic mass is 9.96. The van der Waals surface area contributed by atoms with Gasteiger partial charge in [-0.05, 0) is 25.0 Å². The molecule has 154 valence electrons. The third kappa shape index (κ3) is 4.40. The average molecular weight is 451 g/mol. The second kappa shape index (κ2) is 8.55. The van der Waals surface area contributed by atoms with Crippen LogP contribution in [0.3, 0.4) is 0 Å². The van der Waals surface area contributed by atoms with Crippen molar-refractivity contribution >= 4 is 38.1 Å². The Morgan fingerprint density at radius 1 is 1.28 bits per heavy atom. The van der Waals surface area contributed by atoms with Crippen LogP contribution < -0.4 is 5.56 Å². The fraction of sp³-hybridized carbons (Fsp3) is 0.421. The highest BCUT2D eigenvalue weighted by Gasteiger charge is 2.29. The van der Waals surface area contributed by atoms with E-state index in [1.165, 1.54) is 50.5 Å². The average Bonchev–Trinajstić information content (AvgIpc) is 3.22. The van der Waals surface area contributed by atoms with E-state index in [1.54, 1.807) is 25.4 Å². The molecule has 0 amide bonds. The van der Waals surface area contributed by atoms with E-state index in [0.717, 1.165) is 25.7 Å². The Hall–Kier alpha value is -1.75. The lowest BCUT2D eigenvalue weighted by Crippen LogP contribution is -2.38. The topological polar surface area (TPSA) is 84.6 Å². The summed E-state index contributed by atoms with van der Waals surface area (Å²) < 4.78 is 28.8. The highest BCUT2D eigenvalue weighted by molar-refractivity contribution is 7.98. The first-order valence-electron chi connectivity index (χ1n) is 9.48. The zero-order valence-electron chi connectivity index (χ0n) is 16.0. The van der Waals surface area contributed by atoms with Crippen LogP contribution in [-0.2, 0) is 15.8 Å². The number of hydrogen-bond acceptors (Lipinski definition) is 7. The molecule has 4 rings (SSSR count). The number of rotatable bonds is 6. The van der Waals surface area contributed by atoms with Crippen LogP contribution >= 0.6 is 23.1 Å². The third-order valence-corrected chi connectivity index (χ3v) is 8.83. The van der Waals surface area contributed by atoms with Crippen LogP contribution in [0.25, 0.3) is 4.96 Å². The minimum atomic E-state index is -3.54. The fourth-order valence-electron chi connectivity index (χ4n) is 3.52. The molecular formula is C19H22N4O3S3. The molecule has 1 aliphatic carbocycles. The summed E-state index contributed by atoms with van der Waals surface area (Å²) in [4.78, 5) is 21.7. The second-order valence-corrected chi connectivity index (χ2v) is 10.9. The summed E-state index contributed by atoms with van der Waals surface area (Å²) in [7, 11) is -1.87. The number of hydrogen-bond donors (Lipinski definition) is 0. The van der Waals surface area contributed by atoms with E-state index in [1.807, 2.05) is 5.38 Å². The van der Waals surface area contributed by atoms with E-state index in [-0.39, 0.29) is 16.5 Å². The molecule has 0 spiro atoms. The number of aromatic nitrogens is 3. The van der Waals surface area contributed by atoms with Crippen LogP contribution in [0, 0.1) is 0 Å². The van der Waals surface area contributed by atoms with Gasteiger partial charge in [0.05, 0.1) is 10.7 Å². The van der Waals surface area contributed by atoms with E-state index >= 15 is 0 Å². The predicted molar refractivity (Wildman–Crippen MR) is 115 cm³/mol. The van der Waals surface area contributed by atoms with Gasteiger partial charge in [0.2, 0.25) is 10.0 Å². The Morgan fingerprint density at radius 3 is 2.79 bits per heavy atom. The highest BCUT2D eigenvalue weighted by Crippen LogP contribution is 2.27. The van der Waals surface area contributed by atoms with Crippen LogP contribution in [0.1, 0.15) is 37.8 Å². The van der Waals surface area contributed by atoms with Crippen molar-refractivity contribution < 1.29 is 8.42 Å². The molecule has 0 bridgehead atoms. The molecule has 0 N–H and O–H groups in total. The Bertz CT molecular complexity index is 1150. The predicted octanol–water partition coefficient (Wildman–Crippen LogP) is 3.40. The lowest BCUT2D eigenvalue weighted by Gasteiger charge is -2.30. The molecule has 10 heteroatoms. The van der Waals surface area contributed by atoms with Crippen molar-refractivity contribution in [2.75, 3.05) is 7.05 Å². The van der Waals surface area contributed by atoms with Gasteiger partial charge in [-0.3, -0.25) is 9.20 Å². The van der Waals surface area contributed by atoms with Crippen molar-refractivity contribution in [1.82, 2.24) is 18.7 Å². The summed E-state index contributed by atoms with van der Waals surface area (Å²) in [6.07, 6.45) is 8.29. The maximum atomic E-state index is 12.9. The Balaban J connectivity index is 1.44. The smallest absolute Gasteiger partial charge is 0.258 e. The molecule has 1 saturated carbocycles. The Morgan fingerprint density at radius 2 is 2.07 bits per heavy atom. The number of sulfonamides is 1. The Kier molecular flexibility index (Phi) is 6.05. The Labute approximate surface area is 177 Å². The van der Waals surface area contributed by atoms with E-state index in [2.05, 4.69) is 9.97 Å². The highest BCUT2D eigenvalue weighted by atomic mass is 32.2. The van der Waals surface area contributed by atoms with Crippen LogP contribution in [0.2, 0.25) is 0 Å². The summed E-state index contributed by atoms with van der Waals surface area (Å²) >= 11 is 2.84. The molecule has 0 unspecified atom stereocenters. The molecule has 7 nitrogen and oxygen atoms in total. The number of thiazole rings is 1. The minimum Gasteiger partial charge on any atom is -0.269 e. The van der Waals surface area contributed by atoms with Crippen molar-refractivity contribution in [2.45, 2.75) is 53.8 Å². The molecule has 0 saturated heterocycles. The summed E-state index contributed by atoms with van der Waals surface area (Å²) in [5, 5.41) is 2.52. The molecule has 0 aromatic carbocycles. The van der Waals surface area contributed by atoms with Crippen LogP contribution in [0.15, 0.2) is 50.7 Å². The van der Waals surface area contributed by atoms with Gasteiger partial charge in [-0.25, -0.2) is 18.4 Å². The number of thioether (sulfide) groups is 1. The van der Waals surface area contributed by atoms with E-state index in [0.29, 0.717) is 21.4 Å². The first kappa shape index (κ1) is 20.5. The van der Waals surface area contributed by atoms with Crippen LogP contribution in [0.5, 0.6) is 0 Å². The first-order valence-corrected chi connectivity index (χ1v) is 12.8. The summed E-state index contributed by atoms with van der Waals surface area (Å²) in [6.45, 7) is 0. The molecule has 0 aliphatic heterocycles. The second-order valence-electron chi connectivity index (χ2n) is 7.08. The molecule has 0 atom stereocenters.